The fraction of sp³-hybridized carbons (Fsp3) is 0.889. The van der Waals surface area contributed by atoms with E-state index in [0.717, 1.165) is 12.3 Å². The van der Waals surface area contributed by atoms with Crippen molar-refractivity contribution in [1.29, 1.82) is 0 Å². The molecule has 3 nitrogen and oxygen atoms in total. The molecule has 0 radical (unpaired) electrons. The lowest BCUT2D eigenvalue weighted by Gasteiger charge is -2.29. The Morgan fingerprint density at radius 2 is 2.25 bits per heavy atom. The average Bonchev–Trinajstić information content (AvgIpc) is 2.85. The SMILES string of the molecule is NCC1CC(=O)NC(C2CC2)C1. The molecule has 1 saturated carbocycles. The lowest BCUT2D eigenvalue weighted by Crippen LogP contribution is -2.45. The van der Waals surface area contributed by atoms with Crippen molar-refractivity contribution in [1.82, 2.24) is 5.32 Å². The van der Waals surface area contributed by atoms with Crippen LogP contribution in [0.15, 0.2) is 0 Å². The van der Waals surface area contributed by atoms with E-state index in [9.17, 15) is 4.79 Å². The van der Waals surface area contributed by atoms with Crippen molar-refractivity contribution < 1.29 is 4.79 Å². The molecule has 1 heterocycles. The van der Waals surface area contributed by atoms with Crippen molar-refractivity contribution >= 4 is 5.91 Å². The maximum atomic E-state index is 11.2. The van der Waals surface area contributed by atoms with Crippen LogP contribution in [-0.4, -0.2) is 18.5 Å². The van der Waals surface area contributed by atoms with Gasteiger partial charge in [0, 0.05) is 12.5 Å². The second-order valence-corrected chi connectivity index (χ2v) is 4.05. The Kier molecular flexibility index (Phi) is 2.05. The van der Waals surface area contributed by atoms with Gasteiger partial charge in [0.2, 0.25) is 5.91 Å². The van der Waals surface area contributed by atoms with Crippen LogP contribution < -0.4 is 11.1 Å². The summed E-state index contributed by atoms with van der Waals surface area (Å²) in [5, 5.41) is 3.05. The number of nitrogens with one attached hydrogen (secondary N) is 1. The van der Waals surface area contributed by atoms with Crippen molar-refractivity contribution in [3.05, 3.63) is 0 Å². The van der Waals surface area contributed by atoms with Gasteiger partial charge in [-0.3, -0.25) is 4.79 Å². The van der Waals surface area contributed by atoms with Crippen LogP contribution >= 0.6 is 0 Å². The molecule has 2 unspecified atom stereocenters. The zero-order valence-corrected chi connectivity index (χ0v) is 7.25. The molecule has 0 aromatic carbocycles. The summed E-state index contributed by atoms with van der Waals surface area (Å²) in [5.74, 6) is 1.40. The second-order valence-electron chi connectivity index (χ2n) is 4.05. The van der Waals surface area contributed by atoms with Gasteiger partial charge in [0.1, 0.15) is 0 Å². The molecule has 0 bridgehead atoms. The Labute approximate surface area is 72.7 Å². The van der Waals surface area contributed by atoms with E-state index in [1.54, 1.807) is 0 Å². The zero-order chi connectivity index (χ0) is 8.55. The van der Waals surface area contributed by atoms with Crippen molar-refractivity contribution in [3.63, 3.8) is 0 Å². The fourth-order valence-electron chi connectivity index (χ4n) is 2.02. The van der Waals surface area contributed by atoms with Gasteiger partial charge < -0.3 is 11.1 Å². The third-order valence-electron chi connectivity index (χ3n) is 2.93. The van der Waals surface area contributed by atoms with E-state index in [0.29, 0.717) is 24.9 Å². The van der Waals surface area contributed by atoms with E-state index in [-0.39, 0.29) is 5.91 Å². The Morgan fingerprint density at radius 1 is 1.50 bits per heavy atom. The van der Waals surface area contributed by atoms with E-state index >= 15 is 0 Å². The molecule has 2 rings (SSSR count). The third kappa shape index (κ3) is 1.61. The Morgan fingerprint density at radius 3 is 2.83 bits per heavy atom. The minimum Gasteiger partial charge on any atom is -0.353 e. The molecule has 1 aliphatic heterocycles. The van der Waals surface area contributed by atoms with Crippen molar-refractivity contribution in [2.24, 2.45) is 17.6 Å². The standard InChI is InChI=1S/C9H16N2O/c10-5-6-3-8(7-1-2-7)11-9(12)4-6/h6-8H,1-5,10H2,(H,11,12). The van der Waals surface area contributed by atoms with Crippen LogP contribution in [0.3, 0.4) is 0 Å². The molecule has 2 aliphatic rings. The van der Waals surface area contributed by atoms with Gasteiger partial charge in [-0.2, -0.15) is 0 Å². The van der Waals surface area contributed by atoms with Gasteiger partial charge in [-0.25, -0.2) is 0 Å². The molecule has 2 fully saturated rings. The van der Waals surface area contributed by atoms with Crippen molar-refractivity contribution in [2.75, 3.05) is 6.54 Å². The molecular weight excluding hydrogens is 152 g/mol. The molecule has 0 spiro atoms. The van der Waals surface area contributed by atoms with Gasteiger partial charge in [0.15, 0.2) is 0 Å². The van der Waals surface area contributed by atoms with Gasteiger partial charge in [0.05, 0.1) is 0 Å². The topological polar surface area (TPSA) is 55.1 Å². The van der Waals surface area contributed by atoms with E-state index in [1.807, 2.05) is 0 Å². The Bertz CT molecular complexity index is 189. The van der Waals surface area contributed by atoms with Gasteiger partial charge in [0.25, 0.3) is 0 Å². The largest absolute Gasteiger partial charge is 0.353 e. The number of hydrogen-bond acceptors (Lipinski definition) is 2. The van der Waals surface area contributed by atoms with Crippen molar-refractivity contribution in [3.8, 4) is 0 Å². The molecular formula is C9H16N2O. The normalized spacial score (nSPS) is 36.2. The predicted molar refractivity (Wildman–Crippen MR) is 46.4 cm³/mol. The summed E-state index contributed by atoms with van der Waals surface area (Å²) in [4.78, 5) is 11.2. The summed E-state index contributed by atoms with van der Waals surface area (Å²) in [6.45, 7) is 0.663. The smallest absolute Gasteiger partial charge is 0.220 e. The highest BCUT2D eigenvalue weighted by Crippen LogP contribution is 2.37. The highest BCUT2D eigenvalue weighted by atomic mass is 16.1. The van der Waals surface area contributed by atoms with Gasteiger partial charge in [-0.1, -0.05) is 0 Å². The quantitative estimate of drug-likeness (QED) is 0.621. The Hall–Kier alpha value is -0.570. The molecule has 2 atom stereocenters. The number of nitrogens with two attached hydrogens (primary N) is 1. The molecule has 1 aliphatic carbocycles. The predicted octanol–water partition coefficient (Wildman–Crippen LogP) is 0.250. The molecule has 0 aromatic heterocycles. The first-order valence-electron chi connectivity index (χ1n) is 4.79. The first-order valence-corrected chi connectivity index (χ1v) is 4.79. The summed E-state index contributed by atoms with van der Waals surface area (Å²) in [7, 11) is 0. The van der Waals surface area contributed by atoms with Crippen LogP contribution in [0.4, 0.5) is 0 Å². The zero-order valence-electron chi connectivity index (χ0n) is 7.25. The van der Waals surface area contributed by atoms with Crippen molar-refractivity contribution in [2.45, 2.75) is 31.7 Å². The molecule has 68 valence electrons. The first-order chi connectivity index (χ1) is 5.79. The van der Waals surface area contributed by atoms with Gasteiger partial charge >= 0.3 is 0 Å². The molecule has 3 N–H and O–H groups in total. The van der Waals surface area contributed by atoms with Crippen LogP contribution in [0, 0.1) is 11.8 Å². The van der Waals surface area contributed by atoms with Crippen LogP contribution in [0.1, 0.15) is 25.7 Å². The highest BCUT2D eigenvalue weighted by molar-refractivity contribution is 5.77. The van der Waals surface area contributed by atoms with Crippen LogP contribution in [0.5, 0.6) is 0 Å². The average molecular weight is 168 g/mol. The number of rotatable bonds is 2. The second kappa shape index (κ2) is 3.05. The van der Waals surface area contributed by atoms with E-state index in [4.69, 9.17) is 5.73 Å². The highest BCUT2D eigenvalue weighted by Gasteiger charge is 2.36. The molecule has 12 heavy (non-hydrogen) atoms. The minimum atomic E-state index is 0.202. The molecule has 0 aromatic rings. The van der Waals surface area contributed by atoms with Gasteiger partial charge in [-0.05, 0) is 37.6 Å². The Balaban J connectivity index is 1.93. The molecule has 1 saturated heterocycles. The maximum absolute atomic E-state index is 11.2. The lowest BCUT2D eigenvalue weighted by molar-refractivity contribution is -0.124. The summed E-state index contributed by atoms with van der Waals surface area (Å²) < 4.78 is 0. The van der Waals surface area contributed by atoms with Crippen LogP contribution in [-0.2, 0) is 4.79 Å². The summed E-state index contributed by atoms with van der Waals surface area (Å²) in [6.07, 6.45) is 4.33. The van der Waals surface area contributed by atoms with Crippen LogP contribution in [0.2, 0.25) is 0 Å². The summed E-state index contributed by atoms with van der Waals surface area (Å²) in [5.41, 5.74) is 5.57. The third-order valence-corrected chi connectivity index (χ3v) is 2.93. The number of hydrogen-bond donors (Lipinski definition) is 2. The number of carbonyl (C=O) groups is 1. The van der Waals surface area contributed by atoms with E-state index in [1.165, 1.54) is 12.8 Å². The lowest BCUT2D eigenvalue weighted by atomic mass is 9.90. The number of carbonyl (C=O) groups excluding carboxylic acids is 1. The number of piperidine rings is 1. The monoisotopic (exact) mass is 168 g/mol. The summed E-state index contributed by atoms with van der Waals surface area (Å²) in [6, 6.07) is 0.444. The van der Waals surface area contributed by atoms with Gasteiger partial charge in [-0.15, -0.1) is 0 Å². The van der Waals surface area contributed by atoms with Crippen LogP contribution in [0.25, 0.3) is 0 Å². The molecule has 1 amide bonds. The minimum absolute atomic E-state index is 0.202. The fourth-order valence-corrected chi connectivity index (χ4v) is 2.02. The maximum Gasteiger partial charge on any atom is 0.220 e. The molecule has 3 heteroatoms. The van der Waals surface area contributed by atoms with E-state index in [2.05, 4.69) is 5.32 Å². The number of amides is 1. The summed E-state index contributed by atoms with van der Waals surface area (Å²) >= 11 is 0. The first kappa shape index (κ1) is 8.05. The van der Waals surface area contributed by atoms with E-state index < -0.39 is 0 Å².